The van der Waals surface area contributed by atoms with E-state index in [0.717, 1.165) is 0 Å². The summed E-state index contributed by atoms with van der Waals surface area (Å²) in [7, 11) is 0. The van der Waals surface area contributed by atoms with Gasteiger partial charge in [0, 0.05) is 0 Å². The van der Waals surface area contributed by atoms with Crippen molar-refractivity contribution in [3.05, 3.63) is 0 Å². The maximum absolute atomic E-state index is 2.32. The Kier molecular flexibility index (Phi) is 17.7. The van der Waals surface area contributed by atoms with Crippen molar-refractivity contribution in [3.63, 3.8) is 0 Å². The fraction of sp³-hybridized carbons (Fsp3) is 1.00. The van der Waals surface area contributed by atoms with E-state index in [1.165, 1.54) is 38.5 Å². The number of unbranched alkanes of at least 4 members (excludes halogenated alkanes) is 3. The third-order valence-electron chi connectivity index (χ3n) is 2.90. The Bertz CT molecular complexity index is 77.3. The first kappa shape index (κ1) is 17.5. The Morgan fingerprint density at radius 3 is 1.14 bits per heavy atom. The molecule has 0 atom stereocenters. The molecule has 0 radical (unpaired) electrons. The van der Waals surface area contributed by atoms with Crippen LogP contribution in [0.2, 0.25) is 15.8 Å². The third-order valence-corrected chi connectivity index (χ3v) is 6.57. The fourth-order valence-electron chi connectivity index (χ4n) is 1.91. The van der Waals surface area contributed by atoms with E-state index in [1.54, 1.807) is 15.8 Å². The molecule has 80 valence electrons. The van der Waals surface area contributed by atoms with Gasteiger partial charge in [-0.05, 0) is 0 Å². The zero-order valence-corrected chi connectivity index (χ0v) is 11.1. The van der Waals surface area contributed by atoms with Gasteiger partial charge in [-0.1, -0.05) is 75.1 Å². The Balaban J connectivity index is 0. The molecule has 0 aromatic rings. The van der Waals surface area contributed by atoms with Crippen LogP contribution < -0.4 is 0 Å². The van der Waals surface area contributed by atoms with E-state index in [2.05, 4.69) is 20.8 Å². The van der Waals surface area contributed by atoms with Crippen molar-refractivity contribution in [2.24, 2.45) is 0 Å². The topological polar surface area (TPSA) is 0 Å². The van der Waals surface area contributed by atoms with E-state index < -0.39 is 0 Å². The van der Waals surface area contributed by atoms with Crippen LogP contribution in [0, 0.1) is 0 Å². The van der Waals surface area contributed by atoms with Gasteiger partial charge in [0.2, 0.25) is 0 Å². The first-order valence-electron chi connectivity index (χ1n) is 6.35. The average Bonchev–Trinajstić information content (AvgIpc) is 2.17. The van der Waals surface area contributed by atoms with Crippen LogP contribution >= 0.6 is 0 Å². The molecule has 0 aliphatic heterocycles. The van der Waals surface area contributed by atoms with Gasteiger partial charge in [-0.2, -0.15) is 0 Å². The van der Waals surface area contributed by atoms with Gasteiger partial charge in [0.1, 0.15) is 0 Å². The van der Waals surface area contributed by atoms with Gasteiger partial charge >= 0.3 is 18.9 Å². The molecule has 0 bridgehead atoms. The molecule has 0 unspecified atom stereocenters. The second kappa shape index (κ2) is 14.1. The van der Waals surface area contributed by atoms with Crippen molar-refractivity contribution in [2.75, 3.05) is 0 Å². The van der Waals surface area contributed by atoms with Crippen molar-refractivity contribution in [2.45, 2.75) is 75.1 Å². The molecule has 0 aliphatic rings. The van der Waals surface area contributed by atoms with E-state index in [9.17, 15) is 0 Å². The molecule has 0 fully saturated rings. The summed E-state index contributed by atoms with van der Waals surface area (Å²) in [6.07, 6.45) is 8.73. The van der Waals surface area contributed by atoms with Gasteiger partial charge in [-0.15, -0.1) is 0 Å². The zero-order chi connectivity index (χ0) is 9.94. The molecule has 0 rings (SSSR count). The minimum absolute atomic E-state index is 0. The van der Waals surface area contributed by atoms with Crippen LogP contribution in [-0.4, -0.2) is 33.0 Å². The molecule has 0 heterocycles. The number of hydrogen-bond donors (Lipinski definition) is 0. The first-order valence-corrected chi connectivity index (χ1v) is 8.80. The van der Waals surface area contributed by atoms with Crippen LogP contribution in [0.1, 0.15) is 59.3 Å². The molecule has 0 spiro atoms. The first-order chi connectivity index (χ1) is 6.35. The van der Waals surface area contributed by atoms with Crippen LogP contribution in [0.25, 0.3) is 0 Å². The summed E-state index contributed by atoms with van der Waals surface area (Å²) < 4.78 is 0. The molecule has 0 N–H and O–H groups in total. The second-order valence-electron chi connectivity index (χ2n) is 4.29. The molecule has 0 aliphatic carbocycles. The van der Waals surface area contributed by atoms with Crippen LogP contribution in [-0.2, 0) is 0 Å². The zero-order valence-electron chi connectivity index (χ0n) is 9.94. The molecule has 0 amide bonds. The Morgan fingerprint density at radius 2 is 0.929 bits per heavy atom. The summed E-state index contributed by atoms with van der Waals surface area (Å²) in [5, 5.41) is 4.86. The Labute approximate surface area is 108 Å². The van der Waals surface area contributed by atoms with Gasteiger partial charge in [-0.25, -0.2) is 0 Å². The molecule has 0 saturated heterocycles. The molecule has 2 heteroatoms. The Hall–Kier alpha value is 1.13. The van der Waals surface area contributed by atoms with Crippen molar-refractivity contribution >= 4 is 33.0 Å². The monoisotopic (exact) mass is 206 g/mol. The summed E-state index contributed by atoms with van der Waals surface area (Å²) in [5.41, 5.74) is 0. The van der Waals surface area contributed by atoms with Crippen molar-refractivity contribution in [1.82, 2.24) is 0 Å². The van der Waals surface area contributed by atoms with Crippen LogP contribution in [0.5, 0.6) is 0 Å². The van der Waals surface area contributed by atoms with Crippen molar-refractivity contribution < 1.29 is 0 Å². The van der Waals surface area contributed by atoms with Crippen LogP contribution in [0.3, 0.4) is 0 Å². The van der Waals surface area contributed by atoms with Gasteiger partial charge < -0.3 is 0 Å². The Morgan fingerprint density at radius 1 is 0.643 bits per heavy atom. The molecular formula is C12H28AlLi. The molecule has 0 saturated carbocycles. The normalized spacial score (nSPS) is 9.64. The predicted octanol–water partition coefficient (Wildman–Crippen LogP) is 4.23. The molecule has 0 aromatic heterocycles. The van der Waals surface area contributed by atoms with E-state index in [-0.39, 0.29) is 33.0 Å². The summed E-state index contributed by atoms with van der Waals surface area (Å²) in [6.45, 7) is 6.97. The van der Waals surface area contributed by atoms with Gasteiger partial charge in [0.25, 0.3) is 14.1 Å². The van der Waals surface area contributed by atoms with Gasteiger partial charge in [0.15, 0.2) is 0 Å². The summed E-state index contributed by atoms with van der Waals surface area (Å²) >= 11 is -0.287. The quantitative estimate of drug-likeness (QED) is 0.495. The summed E-state index contributed by atoms with van der Waals surface area (Å²) in [4.78, 5) is 0. The summed E-state index contributed by atoms with van der Waals surface area (Å²) in [6, 6.07) is 0. The van der Waals surface area contributed by atoms with E-state index in [4.69, 9.17) is 0 Å². The predicted molar refractivity (Wildman–Crippen MR) is 72.0 cm³/mol. The van der Waals surface area contributed by atoms with Gasteiger partial charge in [0.05, 0.1) is 0 Å². The fourth-order valence-corrected chi connectivity index (χ4v) is 5.73. The molecule has 0 aromatic carbocycles. The third kappa shape index (κ3) is 11.2. The minimum atomic E-state index is -0.287. The second-order valence-corrected chi connectivity index (χ2v) is 7.76. The van der Waals surface area contributed by atoms with E-state index in [1.807, 2.05) is 0 Å². The van der Waals surface area contributed by atoms with E-state index >= 15 is 0 Å². The van der Waals surface area contributed by atoms with Crippen LogP contribution in [0.15, 0.2) is 0 Å². The maximum atomic E-state index is 2.32. The van der Waals surface area contributed by atoms with Gasteiger partial charge in [-0.3, -0.25) is 0 Å². The number of rotatable bonds is 9. The van der Waals surface area contributed by atoms with Crippen molar-refractivity contribution in [3.8, 4) is 0 Å². The van der Waals surface area contributed by atoms with Crippen molar-refractivity contribution in [1.29, 1.82) is 0 Å². The SMILES string of the molecule is CCC[CH2][Al]([CH2]CCC)[CH2]CCC.[LiH]. The molecular weight excluding hydrogens is 178 g/mol. The average molecular weight is 206 g/mol. The van der Waals surface area contributed by atoms with E-state index in [0.29, 0.717) is 0 Å². The standard InChI is InChI=1S/3C4H9.Al.Li.H/c3*1-3-4-2;;;/h3*1,3-4H2,2H3;;;. The molecule has 0 nitrogen and oxygen atoms in total. The molecule has 14 heavy (non-hydrogen) atoms. The van der Waals surface area contributed by atoms with Crippen LogP contribution in [0.4, 0.5) is 0 Å². The summed E-state index contributed by atoms with van der Waals surface area (Å²) in [5.74, 6) is 0. The number of hydrogen-bond acceptors (Lipinski definition) is 0.